The third-order valence-corrected chi connectivity index (χ3v) is 4.63. The Balaban J connectivity index is 2.27. The summed E-state index contributed by atoms with van der Waals surface area (Å²) in [5.74, 6) is -0.256. The first-order chi connectivity index (χ1) is 10.0. The zero-order chi connectivity index (χ0) is 15.4. The van der Waals surface area contributed by atoms with Crippen molar-refractivity contribution in [3.8, 4) is 0 Å². The first-order valence-electron chi connectivity index (χ1n) is 8.13. The minimum atomic E-state index is -0.729. The highest BCUT2D eigenvalue weighted by Gasteiger charge is 2.33. The van der Waals surface area contributed by atoms with E-state index in [1.165, 1.54) is 12.0 Å². The quantitative estimate of drug-likeness (QED) is 0.883. The second-order valence-corrected chi connectivity index (χ2v) is 6.36. The molecule has 2 atom stereocenters. The molecule has 1 aliphatic rings. The van der Waals surface area contributed by atoms with Gasteiger partial charge in [0.25, 0.3) is 0 Å². The largest absolute Gasteiger partial charge is 0.480 e. The Labute approximate surface area is 128 Å². The van der Waals surface area contributed by atoms with Crippen molar-refractivity contribution in [3.05, 3.63) is 35.4 Å². The summed E-state index contributed by atoms with van der Waals surface area (Å²) >= 11 is 0. The number of benzene rings is 1. The highest BCUT2D eigenvalue weighted by atomic mass is 16.4. The van der Waals surface area contributed by atoms with E-state index in [2.05, 4.69) is 37.8 Å². The average molecular weight is 289 g/mol. The van der Waals surface area contributed by atoms with Crippen LogP contribution in [0.25, 0.3) is 0 Å². The molecule has 0 bridgehead atoms. The Kier molecular flexibility index (Phi) is 5.40. The Morgan fingerprint density at radius 2 is 1.86 bits per heavy atom. The lowest BCUT2D eigenvalue weighted by Gasteiger charge is -2.39. The Morgan fingerprint density at radius 1 is 1.24 bits per heavy atom. The molecular formula is C18H27NO2. The third-order valence-electron chi connectivity index (χ3n) is 4.63. The highest BCUT2D eigenvalue weighted by molar-refractivity contribution is 5.75. The van der Waals surface area contributed by atoms with Gasteiger partial charge in [-0.3, -0.25) is 9.69 Å². The molecule has 1 saturated heterocycles. The van der Waals surface area contributed by atoms with Gasteiger partial charge < -0.3 is 5.11 Å². The number of hydrogen-bond donors (Lipinski definition) is 1. The van der Waals surface area contributed by atoms with Crippen molar-refractivity contribution in [2.75, 3.05) is 6.54 Å². The van der Waals surface area contributed by atoms with Gasteiger partial charge in [-0.05, 0) is 42.9 Å². The number of carboxylic acids is 1. The Morgan fingerprint density at radius 3 is 2.38 bits per heavy atom. The van der Waals surface area contributed by atoms with Crippen molar-refractivity contribution >= 4 is 5.97 Å². The molecule has 3 heteroatoms. The topological polar surface area (TPSA) is 40.5 Å². The number of carbonyl (C=O) groups is 1. The lowest BCUT2D eigenvalue weighted by Crippen LogP contribution is -2.44. The summed E-state index contributed by atoms with van der Waals surface area (Å²) < 4.78 is 0. The first-order valence-corrected chi connectivity index (χ1v) is 8.13. The zero-order valence-corrected chi connectivity index (χ0v) is 13.4. The summed E-state index contributed by atoms with van der Waals surface area (Å²) in [7, 11) is 0. The van der Waals surface area contributed by atoms with Gasteiger partial charge in [0.05, 0.1) is 0 Å². The van der Waals surface area contributed by atoms with Gasteiger partial charge in [0.2, 0.25) is 0 Å². The summed E-state index contributed by atoms with van der Waals surface area (Å²) in [4.78, 5) is 14.0. The van der Waals surface area contributed by atoms with Gasteiger partial charge in [-0.1, -0.05) is 51.5 Å². The van der Waals surface area contributed by atoms with Crippen LogP contribution in [0.5, 0.6) is 0 Å². The monoisotopic (exact) mass is 289 g/mol. The van der Waals surface area contributed by atoms with E-state index in [4.69, 9.17) is 0 Å². The molecule has 0 aliphatic carbocycles. The van der Waals surface area contributed by atoms with Crippen LogP contribution in [0.15, 0.2) is 24.3 Å². The van der Waals surface area contributed by atoms with Crippen LogP contribution >= 0.6 is 0 Å². The second-order valence-electron chi connectivity index (χ2n) is 6.36. The van der Waals surface area contributed by atoms with Gasteiger partial charge in [-0.25, -0.2) is 0 Å². The summed E-state index contributed by atoms with van der Waals surface area (Å²) in [6.45, 7) is 7.36. The van der Waals surface area contributed by atoms with Crippen molar-refractivity contribution < 1.29 is 9.90 Å². The van der Waals surface area contributed by atoms with E-state index in [0.29, 0.717) is 12.0 Å². The maximum absolute atomic E-state index is 11.8. The van der Waals surface area contributed by atoms with Gasteiger partial charge in [-0.2, -0.15) is 0 Å². The van der Waals surface area contributed by atoms with Gasteiger partial charge in [0, 0.05) is 6.04 Å². The molecule has 0 amide bonds. The number of hydrogen-bond acceptors (Lipinski definition) is 2. The molecule has 1 fully saturated rings. The number of piperidine rings is 1. The molecule has 1 heterocycles. The van der Waals surface area contributed by atoms with Crippen LogP contribution in [-0.4, -0.2) is 28.6 Å². The molecule has 1 aliphatic heterocycles. The molecular weight excluding hydrogens is 262 g/mol. The molecule has 2 unspecified atom stereocenters. The van der Waals surface area contributed by atoms with E-state index < -0.39 is 12.0 Å². The molecule has 1 aromatic carbocycles. The summed E-state index contributed by atoms with van der Waals surface area (Å²) in [5, 5.41) is 9.73. The van der Waals surface area contributed by atoms with Crippen LogP contribution in [0, 0.1) is 0 Å². The molecule has 2 rings (SSSR count). The fraction of sp³-hybridized carbons (Fsp3) is 0.611. The van der Waals surface area contributed by atoms with Gasteiger partial charge >= 0.3 is 5.97 Å². The van der Waals surface area contributed by atoms with Crippen molar-refractivity contribution in [3.63, 3.8) is 0 Å². The van der Waals surface area contributed by atoms with Crippen LogP contribution < -0.4 is 0 Å². The predicted molar refractivity (Wildman–Crippen MR) is 85.5 cm³/mol. The van der Waals surface area contributed by atoms with E-state index >= 15 is 0 Å². The Bertz CT molecular complexity index is 467. The number of likely N-dealkylation sites (tertiary alicyclic amines) is 1. The van der Waals surface area contributed by atoms with Gasteiger partial charge in [-0.15, -0.1) is 0 Å². The van der Waals surface area contributed by atoms with E-state index in [0.717, 1.165) is 31.4 Å². The molecule has 0 radical (unpaired) electrons. The molecule has 116 valence electrons. The maximum atomic E-state index is 11.8. The smallest absolute Gasteiger partial charge is 0.325 e. The standard InChI is InChI=1S/C18H27NO2/c1-4-16-7-5-6-12-19(16)17(18(20)21)15-10-8-14(9-11-15)13(2)3/h8-11,13,16-17H,4-7,12H2,1-3H3,(H,20,21). The SMILES string of the molecule is CCC1CCCCN1C(C(=O)O)c1ccc(C(C)C)cc1. The van der Waals surface area contributed by atoms with Gasteiger partial charge in [0.15, 0.2) is 0 Å². The number of nitrogens with zero attached hydrogens (tertiary/aromatic N) is 1. The minimum absolute atomic E-state index is 0.393. The van der Waals surface area contributed by atoms with Crippen LogP contribution in [0.1, 0.15) is 69.5 Å². The maximum Gasteiger partial charge on any atom is 0.325 e. The lowest BCUT2D eigenvalue weighted by atomic mass is 9.93. The van der Waals surface area contributed by atoms with Crippen LogP contribution in [0.4, 0.5) is 0 Å². The molecule has 1 N–H and O–H groups in total. The zero-order valence-electron chi connectivity index (χ0n) is 13.4. The van der Waals surface area contributed by atoms with Crippen LogP contribution in [0.2, 0.25) is 0 Å². The molecule has 1 aromatic rings. The molecule has 0 spiro atoms. The Hall–Kier alpha value is -1.35. The average Bonchev–Trinajstić information content (AvgIpc) is 2.48. The minimum Gasteiger partial charge on any atom is -0.480 e. The van der Waals surface area contributed by atoms with Crippen molar-refractivity contribution in [2.45, 2.75) is 64.5 Å². The number of rotatable bonds is 5. The molecule has 21 heavy (non-hydrogen) atoms. The fourth-order valence-electron chi connectivity index (χ4n) is 3.34. The number of carboxylic acid groups (broad SMARTS) is 1. The van der Waals surface area contributed by atoms with Crippen molar-refractivity contribution in [2.24, 2.45) is 0 Å². The summed E-state index contributed by atoms with van der Waals surface area (Å²) in [6, 6.07) is 8.02. The molecule has 0 saturated carbocycles. The highest BCUT2D eigenvalue weighted by Crippen LogP contribution is 2.31. The third kappa shape index (κ3) is 3.65. The van der Waals surface area contributed by atoms with Crippen LogP contribution in [-0.2, 0) is 4.79 Å². The fourth-order valence-corrected chi connectivity index (χ4v) is 3.34. The summed E-state index contributed by atoms with van der Waals surface area (Å²) in [6.07, 6.45) is 4.45. The molecule has 3 nitrogen and oxygen atoms in total. The predicted octanol–water partition coefficient (Wildman–Crippen LogP) is 4.20. The van der Waals surface area contributed by atoms with Crippen LogP contribution in [0.3, 0.4) is 0 Å². The lowest BCUT2D eigenvalue weighted by molar-refractivity contribution is -0.145. The second kappa shape index (κ2) is 7.08. The van der Waals surface area contributed by atoms with E-state index in [9.17, 15) is 9.90 Å². The summed E-state index contributed by atoms with van der Waals surface area (Å²) in [5.41, 5.74) is 2.17. The van der Waals surface area contributed by atoms with Crippen molar-refractivity contribution in [1.29, 1.82) is 0 Å². The van der Waals surface area contributed by atoms with E-state index in [1.54, 1.807) is 0 Å². The first kappa shape index (κ1) is 16.0. The van der Waals surface area contributed by atoms with Gasteiger partial charge in [0.1, 0.15) is 6.04 Å². The molecule has 0 aromatic heterocycles. The van der Waals surface area contributed by atoms with E-state index in [-0.39, 0.29) is 0 Å². The van der Waals surface area contributed by atoms with E-state index in [1.807, 2.05) is 12.1 Å². The normalized spacial score (nSPS) is 21.4. The number of aliphatic carboxylic acids is 1. The van der Waals surface area contributed by atoms with Crippen molar-refractivity contribution in [1.82, 2.24) is 4.90 Å².